The first-order valence-electron chi connectivity index (χ1n) is 8.17. The molecule has 0 saturated heterocycles. The largest absolute Gasteiger partial charge is 0.334 e. The molecule has 138 valence electrons. The maximum absolute atomic E-state index is 12.7. The lowest BCUT2D eigenvalue weighted by molar-refractivity contribution is 0.251. The van der Waals surface area contributed by atoms with Crippen molar-refractivity contribution in [1.29, 1.82) is 0 Å². The third-order valence-electron chi connectivity index (χ3n) is 3.85. The fraction of sp³-hybridized carbons (Fsp3) is 0.105. The van der Waals surface area contributed by atoms with E-state index >= 15 is 0 Å². The maximum Gasteiger partial charge on any atom is 0.319 e. The van der Waals surface area contributed by atoms with E-state index in [-0.39, 0.29) is 9.79 Å². The molecule has 0 aliphatic carbocycles. The van der Waals surface area contributed by atoms with Crippen molar-refractivity contribution < 1.29 is 13.2 Å². The summed E-state index contributed by atoms with van der Waals surface area (Å²) in [4.78, 5) is 20.3. The van der Waals surface area contributed by atoms with E-state index in [1.807, 2.05) is 6.07 Å². The highest BCUT2D eigenvalue weighted by molar-refractivity contribution is 7.91. The zero-order chi connectivity index (χ0) is 19.3. The number of amides is 2. The van der Waals surface area contributed by atoms with Crippen molar-refractivity contribution in [3.63, 3.8) is 0 Å². The molecule has 0 aliphatic heterocycles. The van der Waals surface area contributed by atoms with Crippen LogP contribution in [-0.2, 0) is 16.4 Å². The van der Waals surface area contributed by atoms with Gasteiger partial charge >= 0.3 is 6.03 Å². The molecule has 2 amide bonds. The predicted molar refractivity (Wildman–Crippen MR) is 101 cm³/mol. The van der Waals surface area contributed by atoms with Crippen molar-refractivity contribution in [3.05, 3.63) is 78.4 Å². The van der Waals surface area contributed by atoms with Gasteiger partial charge in [0.2, 0.25) is 9.84 Å². The Morgan fingerprint density at radius 1 is 1.04 bits per heavy atom. The van der Waals surface area contributed by atoms with Crippen LogP contribution in [0, 0.1) is 6.92 Å². The molecular weight excluding hydrogens is 364 g/mol. The summed E-state index contributed by atoms with van der Waals surface area (Å²) in [5.41, 5.74) is 1.80. The average molecular weight is 382 g/mol. The second-order valence-corrected chi connectivity index (χ2v) is 7.70. The standard InChI is InChI=1S/C19H18N4O3S/c1-14-18(5-3-11-21-14)27(25,26)17-8-6-16(7-9-17)23-19(24)22-13-15-4-2-10-20-12-15/h2-12H,13H2,1H3,(H2,22,23,24). The van der Waals surface area contributed by atoms with Crippen LogP contribution in [0.1, 0.15) is 11.3 Å². The van der Waals surface area contributed by atoms with Crippen LogP contribution in [0.5, 0.6) is 0 Å². The van der Waals surface area contributed by atoms with Crippen molar-refractivity contribution in [2.75, 3.05) is 5.32 Å². The molecule has 3 aromatic rings. The Kier molecular flexibility index (Phi) is 5.46. The fourth-order valence-electron chi connectivity index (χ4n) is 2.46. The summed E-state index contributed by atoms with van der Waals surface area (Å²) in [6.45, 7) is 1.99. The molecule has 0 fully saturated rings. The van der Waals surface area contributed by atoms with E-state index in [2.05, 4.69) is 20.6 Å². The first-order chi connectivity index (χ1) is 13.0. The number of urea groups is 1. The van der Waals surface area contributed by atoms with Gasteiger partial charge in [0.1, 0.15) is 0 Å². The summed E-state index contributed by atoms with van der Waals surface area (Å²) < 4.78 is 25.4. The van der Waals surface area contributed by atoms with Crippen molar-refractivity contribution in [2.45, 2.75) is 23.3 Å². The minimum Gasteiger partial charge on any atom is -0.334 e. The van der Waals surface area contributed by atoms with Crippen LogP contribution in [0.3, 0.4) is 0 Å². The number of hydrogen-bond acceptors (Lipinski definition) is 5. The molecule has 0 aliphatic rings. The van der Waals surface area contributed by atoms with E-state index in [1.165, 1.54) is 18.2 Å². The minimum atomic E-state index is -3.66. The molecule has 0 bridgehead atoms. The first kappa shape index (κ1) is 18.5. The molecule has 7 nitrogen and oxygen atoms in total. The third-order valence-corrected chi connectivity index (χ3v) is 5.75. The minimum absolute atomic E-state index is 0.139. The van der Waals surface area contributed by atoms with Gasteiger partial charge in [-0.15, -0.1) is 0 Å². The molecule has 8 heteroatoms. The average Bonchev–Trinajstić information content (AvgIpc) is 2.68. The van der Waals surface area contributed by atoms with Crippen molar-refractivity contribution >= 4 is 21.6 Å². The normalized spacial score (nSPS) is 11.0. The smallest absolute Gasteiger partial charge is 0.319 e. The zero-order valence-electron chi connectivity index (χ0n) is 14.6. The summed E-state index contributed by atoms with van der Waals surface area (Å²) in [5, 5.41) is 5.37. The number of aromatic nitrogens is 2. The number of nitrogens with zero attached hydrogens (tertiary/aromatic N) is 2. The topological polar surface area (TPSA) is 101 Å². The second kappa shape index (κ2) is 7.96. The van der Waals surface area contributed by atoms with Gasteiger partial charge in [0.05, 0.1) is 15.5 Å². The molecule has 0 spiro atoms. The lowest BCUT2D eigenvalue weighted by atomic mass is 10.3. The molecule has 2 N–H and O–H groups in total. The molecule has 0 radical (unpaired) electrons. The number of nitrogens with one attached hydrogen (secondary N) is 2. The van der Waals surface area contributed by atoms with E-state index in [9.17, 15) is 13.2 Å². The number of rotatable bonds is 5. The van der Waals surface area contributed by atoms with Crippen molar-refractivity contribution in [2.24, 2.45) is 0 Å². The Bertz CT molecular complexity index is 1040. The zero-order valence-corrected chi connectivity index (χ0v) is 15.4. The lowest BCUT2D eigenvalue weighted by Gasteiger charge is -2.10. The Hall–Kier alpha value is -3.26. The highest BCUT2D eigenvalue weighted by Gasteiger charge is 2.20. The monoisotopic (exact) mass is 382 g/mol. The van der Waals surface area contributed by atoms with Gasteiger partial charge in [-0.1, -0.05) is 6.07 Å². The highest BCUT2D eigenvalue weighted by Crippen LogP contribution is 2.23. The van der Waals surface area contributed by atoms with Crippen LogP contribution in [-0.4, -0.2) is 24.4 Å². The number of anilines is 1. The first-order valence-corrected chi connectivity index (χ1v) is 9.65. The molecule has 2 aromatic heterocycles. The fourth-order valence-corrected chi connectivity index (χ4v) is 3.91. The number of hydrogen-bond donors (Lipinski definition) is 2. The molecule has 3 rings (SSSR count). The summed E-state index contributed by atoms with van der Waals surface area (Å²) in [6, 6.07) is 12.4. The molecular formula is C19H18N4O3S. The van der Waals surface area contributed by atoms with Crippen LogP contribution >= 0.6 is 0 Å². The van der Waals surface area contributed by atoms with Gasteiger partial charge in [-0.05, 0) is 55.0 Å². The Morgan fingerprint density at radius 2 is 1.78 bits per heavy atom. The van der Waals surface area contributed by atoms with Crippen molar-refractivity contribution in [1.82, 2.24) is 15.3 Å². The predicted octanol–water partition coefficient (Wildman–Crippen LogP) is 2.94. The summed E-state index contributed by atoms with van der Waals surface area (Å²) in [7, 11) is -3.66. The summed E-state index contributed by atoms with van der Waals surface area (Å²) >= 11 is 0. The molecule has 27 heavy (non-hydrogen) atoms. The molecule has 0 saturated carbocycles. The van der Waals surface area contributed by atoms with Gasteiger partial charge in [0.25, 0.3) is 0 Å². The Morgan fingerprint density at radius 3 is 2.44 bits per heavy atom. The summed E-state index contributed by atoms with van der Waals surface area (Å²) in [6.07, 6.45) is 4.87. The van der Waals surface area contributed by atoms with Gasteiger partial charge in [-0.25, -0.2) is 13.2 Å². The van der Waals surface area contributed by atoms with Crippen LogP contribution in [0.4, 0.5) is 10.5 Å². The number of sulfone groups is 1. The molecule has 1 aromatic carbocycles. The Balaban J connectivity index is 1.67. The summed E-state index contributed by atoms with van der Waals surface area (Å²) in [5.74, 6) is 0. The number of pyridine rings is 2. The van der Waals surface area contributed by atoms with Gasteiger partial charge in [0, 0.05) is 30.8 Å². The van der Waals surface area contributed by atoms with E-state index in [4.69, 9.17) is 0 Å². The van der Waals surface area contributed by atoms with E-state index in [1.54, 1.807) is 49.8 Å². The molecule has 0 atom stereocenters. The van der Waals surface area contributed by atoms with Crippen LogP contribution in [0.2, 0.25) is 0 Å². The van der Waals surface area contributed by atoms with E-state index in [0.717, 1.165) is 5.56 Å². The van der Waals surface area contributed by atoms with Gasteiger partial charge in [-0.2, -0.15) is 0 Å². The molecule has 0 unspecified atom stereocenters. The SMILES string of the molecule is Cc1ncccc1S(=O)(=O)c1ccc(NC(=O)NCc2cccnc2)cc1. The van der Waals surface area contributed by atoms with Crippen LogP contribution in [0.15, 0.2) is 76.9 Å². The quantitative estimate of drug-likeness (QED) is 0.706. The number of carbonyl (C=O) groups excluding carboxylic acids is 1. The third kappa shape index (κ3) is 4.48. The number of benzene rings is 1. The van der Waals surface area contributed by atoms with Gasteiger partial charge < -0.3 is 10.6 Å². The van der Waals surface area contributed by atoms with E-state index in [0.29, 0.717) is 17.9 Å². The van der Waals surface area contributed by atoms with Gasteiger partial charge in [0.15, 0.2) is 0 Å². The maximum atomic E-state index is 12.7. The molecule has 2 heterocycles. The Labute approximate surface area is 157 Å². The van der Waals surface area contributed by atoms with E-state index < -0.39 is 15.9 Å². The van der Waals surface area contributed by atoms with Gasteiger partial charge in [-0.3, -0.25) is 9.97 Å². The van der Waals surface area contributed by atoms with Crippen LogP contribution < -0.4 is 10.6 Å². The van der Waals surface area contributed by atoms with Crippen LogP contribution in [0.25, 0.3) is 0 Å². The highest BCUT2D eigenvalue weighted by atomic mass is 32.2. The second-order valence-electron chi connectivity index (χ2n) is 5.78. The van der Waals surface area contributed by atoms with Crippen molar-refractivity contribution in [3.8, 4) is 0 Å². The lowest BCUT2D eigenvalue weighted by Crippen LogP contribution is -2.28. The number of aryl methyl sites for hydroxylation is 1. The number of carbonyl (C=O) groups is 1.